The highest BCUT2D eigenvalue weighted by Gasteiger charge is 2.29. The number of aromatic nitrogens is 2. The van der Waals surface area contributed by atoms with Crippen LogP contribution < -0.4 is 5.32 Å². The van der Waals surface area contributed by atoms with Gasteiger partial charge in [0.05, 0.1) is 17.4 Å². The van der Waals surface area contributed by atoms with E-state index in [1.54, 1.807) is 17.0 Å². The van der Waals surface area contributed by atoms with Gasteiger partial charge in [-0.1, -0.05) is 6.07 Å². The largest absolute Gasteiger partial charge is 0.322 e. The third-order valence-electron chi connectivity index (χ3n) is 4.21. The SMILES string of the molecule is Cc1ccc(NC(=O)N2CCC(n3nc(C)cc3C)C2)c(F)c1. The maximum atomic E-state index is 13.8. The van der Waals surface area contributed by atoms with Crippen LogP contribution >= 0.6 is 0 Å². The van der Waals surface area contributed by atoms with Crippen LogP contribution in [0.25, 0.3) is 0 Å². The van der Waals surface area contributed by atoms with Crippen molar-refractivity contribution in [3.8, 4) is 0 Å². The molecule has 0 saturated carbocycles. The van der Waals surface area contributed by atoms with E-state index in [1.807, 2.05) is 31.5 Å². The van der Waals surface area contributed by atoms with Gasteiger partial charge in [-0.2, -0.15) is 5.10 Å². The van der Waals surface area contributed by atoms with Gasteiger partial charge in [0.25, 0.3) is 0 Å². The molecule has 5 nitrogen and oxygen atoms in total. The van der Waals surface area contributed by atoms with Crippen LogP contribution in [-0.4, -0.2) is 33.8 Å². The Morgan fingerprint density at radius 2 is 2.09 bits per heavy atom. The van der Waals surface area contributed by atoms with Crippen LogP contribution in [0.1, 0.15) is 29.4 Å². The molecule has 0 radical (unpaired) electrons. The summed E-state index contributed by atoms with van der Waals surface area (Å²) in [5.41, 5.74) is 3.12. The predicted molar refractivity (Wildman–Crippen MR) is 87.1 cm³/mol. The van der Waals surface area contributed by atoms with Crippen molar-refractivity contribution >= 4 is 11.7 Å². The Hall–Kier alpha value is -2.37. The van der Waals surface area contributed by atoms with Crippen LogP contribution in [0.2, 0.25) is 0 Å². The van der Waals surface area contributed by atoms with E-state index < -0.39 is 5.82 Å². The fourth-order valence-electron chi connectivity index (χ4n) is 3.06. The third-order valence-corrected chi connectivity index (χ3v) is 4.21. The molecule has 2 heterocycles. The summed E-state index contributed by atoms with van der Waals surface area (Å²) in [6, 6.07) is 6.73. The van der Waals surface area contributed by atoms with Crippen molar-refractivity contribution in [1.29, 1.82) is 0 Å². The molecule has 1 unspecified atom stereocenters. The lowest BCUT2D eigenvalue weighted by atomic mass is 10.2. The highest BCUT2D eigenvalue weighted by atomic mass is 19.1. The number of carbonyl (C=O) groups is 1. The van der Waals surface area contributed by atoms with Crippen LogP contribution in [-0.2, 0) is 0 Å². The fourth-order valence-corrected chi connectivity index (χ4v) is 3.06. The van der Waals surface area contributed by atoms with Crippen molar-refractivity contribution in [3.05, 3.63) is 47.0 Å². The fraction of sp³-hybridized carbons (Fsp3) is 0.412. The number of hydrogen-bond donors (Lipinski definition) is 1. The van der Waals surface area contributed by atoms with Crippen LogP contribution in [0.5, 0.6) is 0 Å². The summed E-state index contributed by atoms with van der Waals surface area (Å²) in [7, 11) is 0. The van der Waals surface area contributed by atoms with Gasteiger partial charge < -0.3 is 10.2 Å². The van der Waals surface area contributed by atoms with E-state index in [0.29, 0.717) is 13.1 Å². The Morgan fingerprint density at radius 3 is 2.74 bits per heavy atom. The number of aryl methyl sites for hydroxylation is 3. The van der Waals surface area contributed by atoms with Crippen LogP contribution in [0.4, 0.5) is 14.9 Å². The number of likely N-dealkylation sites (tertiary alicyclic amines) is 1. The first-order chi connectivity index (χ1) is 10.9. The Kier molecular flexibility index (Phi) is 4.07. The molecule has 1 aromatic carbocycles. The number of urea groups is 1. The van der Waals surface area contributed by atoms with Crippen molar-refractivity contribution in [3.63, 3.8) is 0 Å². The summed E-state index contributed by atoms with van der Waals surface area (Å²) in [4.78, 5) is 14.0. The van der Waals surface area contributed by atoms with Gasteiger partial charge in [-0.15, -0.1) is 0 Å². The second-order valence-corrected chi connectivity index (χ2v) is 6.17. The first kappa shape index (κ1) is 15.5. The number of nitrogens with zero attached hydrogens (tertiary/aromatic N) is 3. The lowest BCUT2D eigenvalue weighted by Crippen LogP contribution is -2.33. The summed E-state index contributed by atoms with van der Waals surface area (Å²) in [6.45, 7) is 7.02. The Morgan fingerprint density at radius 1 is 1.30 bits per heavy atom. The second-order valence-electron chi connectivity index (χ2n) is 6.17. The van der Waals surface area contributed by atoms with E-state index in [0.717, 1.165) is 23.4 Å². The summed E-state index contributed by atoms with van der Waals surface area (Å²) < 4.78 is 15.8. The van der Waals surface area contributed by atoms with E-state index in [4.69, 9.17) is 0 Å². The van der Waals surface area contributed by atoms with E-state index in [-0.39, 0.29) is 17.8 Å². The number of nitrogens with one attached hydrogen (secondary N) is 1. The quantitative estimate of drug-likeness (QED) is 0.923. The molecule has 3 rings (SSSR count). The van der Waals surface area contributed by atoms with Crippen LogP contribution in [0.3, 0.4) is 0 Å². The van der Waals surface area contributed by atoms with E-state index >= 15 is 0 Å². The van der Waals surface area contributed by atoms with E-state index in [1.165, 1.54) is 6.07 Å². The summed E-state index contributed by atoms with van der Waals surface area (Å²) in [6.07, 6.45) is 0.853. The first-order valence-corrected chi connectivity index (χ1v) is 7.79. The van der Waals surface area contributed by atoms with Gasteiger partial charge in [-0.05, 0) is 51.0 Å². The molecular formula is C17H21FN4O. The maximum absolute atomic E-state index is 13.8. The Balaban J connectivity index is 1.66. The standard InChI is InChI=1S/C17H21FN4O/c1-11-4-5-16(15(18)8-11)19-17(23)21-7-6-14(10-21)22-13(3)9-12(2)20-22/h4-5,8-9,14H,6-7,10H2,1-3H3,(H,19,23). The number of hydrogen-bond acceptors (Lipinski definition) is 2. The number of amides is 2. The Labute approximate surface area is 135 Å². The number of rotatable bonds is 2. The van der Waals surface area contributed by atoms with Gasteiger partial charge in [0.15, 0.2) is 0 Å². The molecule has 2 aromatic rings. The highest BCUT2D eigenvalue weighted by Crippen LogP contribution is 2.24. The third kappa shape index (κ3) is 3.21. The number of halogens is 1. The monoisotopic (exact) mass is 316 g/mol. The molecular weight excluding hydrogens is 295 g/mol. The first-order valence-electron chi connectivity index (χ1n) is 7.79. The molecule has 23 heavy (non-hydrogen) atoms. The molecule has 0 bridgehead atoms. The van der Waals surface area contributed by atoms with Gasteiger partial charge in [0.1, 0.15) is 5.82 Å². The summed E-state index contributed by atoms with van der Waals surface area (Å²) in [5.74, 6) is -0.410. The summed E-state index contributed by atoms with van der Waals surface area (Å²) in [5, 5.41) is 7.15. The topological polar surface area (TPSA) is 50.2 Å². The minimum atomic E-state index is -0.410. The molecule has 122 valence electrons. The van der Waals surface area contributed by atoms with Crippen LogP contribution in [0, 0.1) is 26.6 Å². The molecule has 1 fully saturated rings. The maximum Gasteiger partial charge on any atom is 0.321 e. The molecule has 1 aromatic heterocycles. The van der Waals surface area contributed by atoms with Crippen molar-refractivity contribution in [2.75, 3.05) is 18.4 Å². The van der Waals surface area contributed by atoms with Gasteiger partial charge in [-0.3, -0.25) is 4.68 Å². The van der Waals surface area contributed by atoms with Crippen molar-refractivity contribution in [1.82, 2.24) is 14.7 Å². The van der Waals surface area contributed by atoms with Gasteiger partial charge in [0.2, 0.25) is 0 Å². The molecule has 1 aliphatic heterocycles. The molecule has 0 spiro atoms. The minimum Gasteiger partial charge on any atom is -0.322 e. The number of anilines is 1. The average Bonchev–Trinajstić information content (AvgIpc) is 3.08. The van der Waals surface area contributed by atoms with Crippen LogP contribution in [0.15, 0.2) is 24.3 Å². The van der Waals surface area contributed by atoms with Gasteiger partial charge in [0, 0.05) is 18.8 Å². The molecule has 1 atom stereocenters. The molecule has 2 amide bonds. The molecule has 1 aliphatic rings. The Bertz CT molecular complexity index is 740. The summed E-state index contributed by atoms with van der Waals surface area (Å²) >= 11 is 0. The molecule has 6 heteroatoms. The second kappa shape index (κ2) is 6.02. The minimum absolute atomic E-state index is 0.178. The lowest BCUT2D eigenvalue weighted by Gasteiger charge is -2.18. The van der Waals surface area contributed by atoms with Crippen molar-refractivity contribution < 1.29 is 9.18 Å². The van der Waals surface area contributed by atoms with Gasteiger partial charge >= 0.3 is 6.03 Å². The number of benzene rings is 1. The normalized spacial score (nSPS) is 17.6. The van der Waals surface area contributed by atoms with Crippen molar-refractivity contribution in [2.24, 2.45) is 0 Å². The number of carbonyl (C=O) groups excluding carboxylic acids is 1. The zero-order valence-corrected chi connectivity index (χ0v) is 13.6. The van der Waals surface area contributed by atoms with E-state index in [9.17, 15) is 9.18 Å². The zero-order chi connectivity index (χ0) is 16.6. The smallest absolute Gasteiger partial charge is 0.321 e. The average molecular weight is 316 g/mol. The highest BCUT2D eigenvalue weighted by molar-refractivity contribution is 5.89. The molecule has 1 saturated heterocycles. The predicted octanol–water partition coefficient (Wildman–Crippen LogP) is 3.43. The van der Waals surface area contributed by atoms with Gasteiger partial charge in [-0.25, -0.2) is 9.18 Å². The lowest BCUT2D eigenvalue weighted by molar-refractivity contribution is 0.220. The zero-order valence-electron chi connectivity index (χ0n) is 13.6. The molecule has 0 aliphatic carbocycles. The van der Waals surface area contributed by atoms with E-state index in [2.05, 4.69) is 10.4 Å². The van der Waals surface area contributed by atoms with Crippen molar-refractivity contribution in [2.45, 2.75) is 33.2 Å². The molecule has 1 N–H and O–H groups in total.